The molecule has 8 nitrogen and oxygen atoms in total. The van der Waals surface area contributed by atoms with Crippen LogP contribution in [0.2, 0.25) is 0 Å². The van der Waals surface area contributed by atoms with E-state index in [-0.39, 0.29) is 36.2 Å². The standard InChI is InChI=1S/C14H14FN5O3S/c1-8(21)7-19-13(22)10-12(18(2)14(19)23)17-11(20(10)24-15)9-3-5-16-6-4-9/h3-6,11,17H,7H2,1-2H3. The number of hydrogen-bond acceptors (Lipinski definition) is 7. The summed E-state index contributed by atoms with van der Waals surface area (Å²) in [6.45, 7) is 0.919. The molecule has 3 heterocycles. The molecule has 1 atom stereocenters. The summed E-state index contributed by atoms with van der Waals surface area (Å²) in [6, 6.07) is 3.36. The Bertz CT molecular complexity index is 911. The van der Waals surface area contributed by atoms with Crippen LogP contribution in [0.25, 0.3) is 0 Å². The van der Waals surface area contributed by atoms with Crippen molar-refractivity contribution in [3.63, 3.8) is 0 Å². The maximum atomic E-state index is 13.6. The predicted octanol–water partition coefficient (Wildman–Crippen LogP) is 0.994. The van der Waals surface area contributed by atoms with Gasteiger partial charge < -0.3 is 5.32 Å². The summed E-state index contributed by atoms with van der Waals surface area (Å²) < 4.78 is 16.8. The second-order valence-corrected chi connectivity index (χ2v) is 5.89. The molecule has 1 unspecified atom stereocenters. The highest BCUT2D eigenvalue weighted by Crippen LogP contribution is 2.42. The number of anilines is 2. The molecular formula is C14H14FN5O3S. The highest BCUT2D eigenvalue weighted by atomic mass is 32.2. The first-order valence-electron chi connectivity index (χ1n) is 7.03. The predicted molar refractivity (Wildman–Crippen MR) is 88.4 cm³/mol. The van der Waals surface area contributed by atoms with Crippen molar-refractivity contribution in [1.82, 2.24) is 14.1 Å². The average molecular weight is 351 g/mol. The third kappa shape index (κ3) is 2.48. The fraction of sp³-hybridized carbons (Fsp3) is 0.286. The first kappa shape index (κ1) is 16.2. The molecule has 2 aromatic rings. The Morgan fingerprint density at radius 3 is 2.62 bits per heavy atom. The quantitative estimate of drug-likeness (QED) is 0.822. The Balaban J connectivity index is 2.19. The Kier molecular flexibility index (Phi) is 4.14. The van der Waals surface area contributed by atoms with Crippen molar-refractivity contribution in [3.05, 3.63) is 50.9 Å². The highest BCUT2D eigenvalue weighted by Gasteiger charge is 2.37. The Morgan fingerprint density at radius 1 is 1.38 bits per heavy atom. The van der Waals surface area contributed by atoms with Crippen LogP contribution < -0.4 is 20.9 Å². The van der Waals surface area contributed by atoms with Crippen LogP contribution in [0, 0.1) is 0 Å². The van der Waals surface area contributed by atoms with Crippen molar-refractivity contribution >= 4 is 29.6 Å². The molecule has 1 aliphatic heterocycles. The molecule has 0 saturated carbocycles. The van der Waals surface area contributed by atoms with Gasteiger partial charge in [0.25, 0.3) is 5.56 Å². The zero-order chi connectivity index (χ0) is 17.4. The number of nitrogens with one attached hydrogen (secondary N) is 1. The molecule has 0 amide bonds. The molecular weight excluding hydrogens is 337 g/mol. The van der Waals surface area contributed by atoms with E-state index in [1.165, 1.54) is 18.5 Å². The fourth-order valence-corrected chi connectivity index (χ4v) is 3.12. The molecule has 0 bridgehead atoms. The number of ketones is 1. The smallest absolute Gasteiger partial charge is 0.332 e. The number of rotatable bonds is 4. The number of pyridine rings is 1. The number of nitrogens with zero attached hydrogens (tertiary/aromatic N) is 4. The van der Waals surface area contributed by atoms with E-state index >= 15 is 0 Å². The van der Waals surface area contributed by atoms with Gasteiger partial charge in [0.05, 0.1) is 6.54 Å². The van der Waals surface area contributed by atoms with Crippen LogP contribution in [0.1, 0.15) is 18.7 Å². The number of aromatic nitrogens is 3. The van der Waals surface area contributed by atoms with Crippen molar-refractivity contribution < 1.29 is 8.68 Å². The Hall–Kier alpha value is -2.62. The third-order valence-electron chi connectivity index (χ3n) is 3.73. The molecule has 1 N–H and O–H groups in total. The lowest BCUT2D eigenvalue weighted by atomic mass is 10.2. The van der Waals surface area contributed by atoms with Gasteiger partial charge in [-0.2, -0.15) is 0 Å². The highest BCUT2D eigenvalue weighted by molar-refractivity contribution is 7.95. The second-order valence-electron chi connectivity index (χ2n) is 5.35. The second kappa shape index (κ2) is 6.11. The van der Waals surface area contributed by atoms with Gasteiger partial charge in [0.15, 0.2) is 18.0 Å². The number of carbonyl (C=O) groups excluding carboxylic acids is 1. The molecule has 0 aliphatic carbocycles. The molecule has 3 rings (SSSR count). The van der Waals surface area contributed by atoms with Crippen LogP contribution >= 0.6 is 12.3 Å². The topological polar surface area (TPSA) is 89.2 Å². The van der Waals surface area contributed by atoms with E-state index < -0.39 is 17.4 Å². The number of Topliss-reactive ketones (excluding diaryl/α,β-unsaturated/α-hetero) is 1. The lowest BCUT2D eigenvalue weighted by molar-refractivity contribution is -0.117. The van der Waals surface area contributed by atoms with Crippen LogP contribution in [-0.4, -0.2) is 19.9 Å². The van der Waals surface area contributed by atoms with Gasteiger partial charge in [-0.05, 0) is 24.6 Å². The van der Waals surface area contributed by atoms with Gasteiger partial charge in [-0.25, -0.2) is 4.79 Å². The Morgan fingerprint density at radius 2 is 2.04 bits per heavy atom. The van der Waals surface area contributed by atoms with Crippen molar-refractivity contribution in [3.8, 4) is 0 Å². The molecule has 0 fully saturated rings. The summed E-state index contributed by atoms with van der Waals surface area (Å²) in [7, 11) is 1.46. The summed E-state index contributed by atoms with van der Waals surface area (Å²) in [6.07, 6.45) is 2.42. The summed E-state index contributed by atoms with van der Waals surface area (Å²) in [5.41, 5.74) is -0.679. The lowest BCUT2D eigenvalue weighted by Crippen LogP contribution is -2.41. The van der Waals surface area contributed by atoms with E-state index in [2.05, 4.69) is 10.3 Å². The van der Waals surface area contributed by atoms with E-state index in [0.29, 0.717) is 5.56 Å². The van der Waals surface area contributed by atoms with Crippen molar-refractivity contribution in [2.45, 2.75) is 19.6 Å². The van der Waals surface area contributed by atoms with E-state index in [1.54, 1.807) is 24.5 Å². The fourth-order valence-electron chi connectivity index (χ4n) is 2.63. The molecule has 126 valence electrons. The Labute approximate surface area is 140 Å². The minimum atomic E-state index is -0.711. The molecule has 0 aromatic carbocycles. The monoisotopic (exact) mass is 351 g/mol. The molecule has 24 heavy (non-hydrogen) atoms. The number of fused-ring (bicyclic) bond motifs is 1. The van der Waals surface area contributed by atoms with E-state index in [0.717, 1.165) is 8.87 Å². The number of halogens is 1. The maximum Gasteiger partial charge on any atom is 0.332 e. The van der Waals surface area contributed by atoms with E-state index in [1.807, 2.05) is 0 Å². The van der Waals surface area contributed by atoms with Crippen LogP contribution in [-0.2, 0) is 18.4 Å². The minimum Gasteiger partial charge on any atom is -0.345 e. The summed E-state index contributed by atoms with van der Waals surface area (Å²) in [5.74, 6) is -0.137. The minimum absolute atomic E-state index is 0.00679. The number of carbonyl (C=O) groups is 1. The van der Waals surface area contributed by atoms with Gasteiger partial charge >= 0.3 is 5.69 Å². The lowest BCUT2D eigenvalue weighted by Gasteiger charge is -2.20. The molecule has 2 aromatic heterocycles. The van der Waals surface area contributed by atoms with Crippen LogP contribution in [0.5, 0.6) is 0 Å². The molecule has 0 saturated heterocycles. The number of hydrogen-bond donors (Lipinski definition) is 1. The van der Waals surface area contributed by atoms with Crippen LogP contribution in [0.4, 0.5) is 15.4 Å². The molecule has 0 spiro atoms. The van der Waals surface area contributed by atoms with Gasteiger partial charge in [0, 0.05) is 19.4 Å². The molecule has 10 heteroatoms. The SMILES string of the molecule is CC(=O)Cn1c(=O)c2c(n(C)c1=O)NC(c1ccncc1)N2SF. The normalized spacial score (nSPS) is 16.0. The van der Waals surface area contributed by atoms with Crippen molar-refractivity contribution in [2.24, 2.45) is 7.05 Å². The zero-order valence-electron chi connectivity index (χ0n) is 12.9. The third-order valence-corrected chi connectivity index (χ3v) is 4.27. The van der Waals surface area contributed by atoms with E-state index in [9.17, 15) is 18.3 Å². The van der Waals surface area contributed by atoms with E-state index in [4.69, 9.17) is 0 Å². The van der Waals surface area contributed by atoms with Gasteiger partial charge in [-0.15, -0.1) is 3.89 Å². The van der Waals surface area contributed by atoms with Crippen LogP contribution in [0.15, 0.2) is 34.1 Å². The molecule has 1 aliphatic rings. The van der Waals surface area contributed by atoms with Gasteiger partial charge in [0.2, 0.25) is 0 Å². The van der Waals surface area contributed by atoms with Crippen molar-refractivity contribution in [2.75, 3.05) is 9.62 Å². The largest absolute Gasteiger partial charge is 0.345 e. The van der Waals surface area contributed by atoms with Gasteiger partial charge in [-0.3, -0.25) is 28.0 Å². The summed E-state index contributed by atoms with van der Waals surface area (Å²) in [4.78, 5) is 40.2. The first-order valence-corrected chi connectivity index (χ1v) is 7.70. The first-order chi connectivity index (χ1) is 11.5. The summed E-state index contributed by atoms with van der Waals surface area (Å²) in [5, 5.41) is 2.98. The summed E-state index contributed by atoms with van der Waals surface area (Å²) >= 11 is -0.129. The zero-order valence-corrected chi connectivity index (χ0v) is 13.7. The van der Waals surface area contributed by atoms with Crippen LogP contribution in [0.3, 0.4) is 0 Å². The van der Waals surface area contributed by atoms with Gasteiger partial charge in [0.1, 0.15) is 17.8 Å². The van der Waals surface area contributed by atoms with Crippen molar-refractivity contribution in [1.29, 1.82) is 0 Å². The average Bonchev–Trinajstić information content (AvgIpc) is 2.97. The molecule has 0 radical (unpaired) electrons. The maximum absolute atomic E-state index is 13.6. The van der Waals surface area contributed by atoms with Gasteiger partial charge in [-0.1, -0.05) is 0 Å².